The van der Waals surface area contributed by atoms with Gasteiger partial charge in [0.2, 0.25) is 0 Å². The van der Waals surface area contributed by atoms with Gasteiger partial charge in [-0.1, -0.05) is 30.3 Å². The lowest BCUT2D eigenvalue weighted by Crippen LogP contribution is -2.26. The van der Waals surface area contributed by atoms with E-state index in [9.17, 15) is 16.8 Å². The van der Waals surface area contributed by atoms with Gasteiger partial charge in [-0.05, 0) is 5.56 Å². The summed E-state index contributed by atoms with van der Waals surface area (Å²) >= 11 is 0. The van der Waals surface area contributed by atoms with E-state index < -0.39 is 26.3 Å². The largest absolute Gasteiger partial charge is 0.268 e. The second-order valence-corrected chi connectivity index (χ2v) is 7.35. The summed E-state index contributed by atoms with van der Waals surface area (Å²) in [4.78, 5) is 0. The fraction of sp³-hybridized carbons (Fsp3) is 0.455. The third-order valence-electron chi connectivity index (χ3n) is 2.09. The molecule has 1 aromatic carbocycles. The van der Waals surface area contributed by atoms with Gasteiger partial charge in [0.1, 0.15) is 6.10 Å². The minimum absolute atomic E-state index is 0.240. The predicted octanol–water partition coefficient (Wildman–Crippen LogP) is 0.550. The normalized spacial score (nSPS) is 14.2. The van der Waals surface area contributed by atoms with Gasteiger partial charge in [0, 0.05) is 6.42 Å². The van der Waals surface area contributed by atoms with Crippen LogP contribution in [0, 0.1) is 0 Å². The Kier molecular flexibility index (Phi) is 5.48. The minimum Gasteiger partial charge on any atom is -0.268 e. The van der Waals surface area contributed by atoms with E-state index in [1.165, 1.54) is 0 Å². The Labute approximate surface area is 113 Å². The summed E-state index contributed by atoms with van der Waals surface area (Å²) in [5.74, 6) is 0. The lowest BCUT2D eigenvalue weighted by molar-refractivity contribution is 0.139. The number of hydrogen-bond donors (Lipinski definition) is 0. The molecule has 8 heteroatoms. The van der Waals surface area contributed by atoms with E-state index in [4.69, 9.17) is 4.18 Å². The van der Waals surface area contributed by atoms with Crippen LogP contribution in [-0.2, 0) is 35.0 Å². The third-order valence-corrected chi connectivity index (χ3v) is 3.27. The van der Waals surface area contributed by atoms with Crippen LogP contribution >= 0.6 is 0 Å². The third kappa shape index (κ3) is 7.93. The molecule has 1 aromatic rings. The van der Waals surface area contributed by atoms with Crippen LogP contribution in [0.4, 0.5) is 0 Å². The van der Waals surface area contributed by atoms with Crippen molar-refractivity contribution in [3.05, 3.63) is 35.9 Å². The van der Waals surface area contributed by atoms with Crippen molar-refractivity contribution in [2.24, 2.45) is 0 Å². The SMILES string of the molecule is CS(=O)(=O)OC[C@H](Cc1ccccc1)OS(C)(=O)=O. The second-order valence-electron chi connectivity index (χ2n) is 4.10. The Morgan fingerprint density at radius 2 is 1.58 bits per heavy atom. The lowest BCUT2D eigenvalue weighted by atomic mass is 10.1. The van der Waals surface area contributed by atoms with Crippen LogP contribution < -0.4 is 0 Å². The molecule has 0 aromatic heterocycles. The highest BCUT2D eigenvalue weighted by molar-refractivity contribution is 7.86. The first kappa shape index (κ1) is 16.1. The molecule has 0 saturated heterocycles. The number of rotatable bonds is 7. The Morgan fingerprint density at radius 1 is 1.00 bits per heavy atom. The van der Waals surface area contributed by atoms with Gasteiger partial charge in [0.25, 0.3) is 20.2 Å². The summed E-state index contributed by atoms with van der Waals surface area (Å²) in [7, 11) is -7.33. The summed E-state index contributed by atoms with van der Waals surface area (Å²) in [6.45, 7) is -0.346. The molecule has 0 aliphatic heterocycles. The number of hydrogen-bond acceptors (Lipinski definition) is 6. The van der Waals surface area contributed by atoms with Crippen LogP contribution in [0.25, 0.3) is 0 Å². The van der Waals surface area contributed by atoms with Crippen molar-refractivity contribution < 1.29 is 25.2 Å². The molecule has 0 heterocycles. The highest BCUT2D eigenvalue weighted by atomic mass is 32.2. The molecule has 0 spiro atoms. The van der Waals surface area contributed by atoms with Crippen molar-refractivity contribution >= 4 is 20.2 Å². The molecule has 0 N–H and O–H groups in total. The highest BCUT2D eigenvalue weighted by Crippen LogP contribution is 2.09. The Balaban J connectivity index is 2.75. The van der Waals surface area contributed by atoms with E-state index in [-0.39, 0.29) is 13.0 Å². The summed E-state index contributed by atoms with van der Waals surface area (Å²) < 4.78 is 53.5. The molecule has 0 aliphatic carbocycles. The van der Waals surface area contributed by atoms with Crippen molar-refractivity contribution in [2.75, 3.05) is 19.1 Å². The molecule has 19 heavy (non-hydrogen) atoms. The van der Waals surface area contributed by atoms with E-state index in [0.29, 0.717) is 0 Å². The van der Waals surface area contributed by atoms with Gasteiger partial charge in [-0.15, -0.1) is 0 Å². The van der Waals surface area contributed by atoms with Crippen LogP contribution in [0.2, 0.25) is 0 Å². The molecule has 6 nitrogen and oxygen atoms in total. The maximum absolute atomic E-state index is 11.1. The van der Waals surface area contributed by atoms with E-state index in [1.54, 1.807) is 24.3 Å². The first-order valence-corrected chi connectivity index (χ1v) is 9.05. The van der Waals surface area contributed by atoms with Crippen LogP contribution in [0.5, 0.6) is 0 Å². The maximum atomic E-state index is 11.1. The monoisotopic (exact) mass is 308 g/mol. The molecule has 0 radical (unpaired) electrons. The van der Waals surface area contributed by atoms with Gasteiger partial charge < -0.3 is 0 Å². The topological polar surface area (TPSA) is 86.7 Å². The highest BCUT2D eigenvalue weighted by Gasteiger charge is 2.18. The number of benzene rings is 1. The second kappa shape index (κ2) is 6.47. The molecule has 0 unspecified atom stereocenters. The molecule has 108 valence electrons. The van der Waals surface area contributed by atoms with Gasteiger partial charge in [-0.3, -0.25) is 8.37 Å². The first-order chi connectivity index (χ1) is 8.66. The fourth-order valence-electron chi connectivity index (χ4n) is 1.44. The van der Waals surface area contributed by atoms with E-state index >= 15 is 0 Å². The Hall–Kier alpha value is -0.960. The Bertz CT molecular complexity index is 591. The fourth-order valence-corrected chi connectivity index (χ4v) is 2.46. The van der Waals surface area contributed by atoms with Crippen LogP contribution in [0.15, 0.2) is 30.3 Å². The minimum atomic E-state index is -3.69. The summed E-state index contributed by atoms with van der Waals surface area (Å²) in [5, 5.41) is 0. The van der Waals surface area contributed by atoms with E-state index in [2.05, 4.69) is 4.18 Å². The predicted molar refractivity (Wildman–Crippen MR) is 70.7 cm³/mol. The molecule has 0 amide bonds. The molecular weight excluding hydrogens is 292 g/mol. The molecule has 0 bridgehead atoms. The van der Waals surface area contributed by atoms with Crippen molar-refractivity contribution in [3.63, 3.8) is 0 Å². The van der Waals surface area contributed by atoms with Crippen molar-refractivity contribution in [2.45, 2.75) is 12.5 Å². The average Bonchev–Trinajstić information content (AvgIpc) is 2.24. The molecule has 0 saturated carbocycles. The molecule has 1 atom stereocenters. The first-order valence-electron chi connectivity index (χ1n) is 5.42. The molecule has 1 rings (SSSR count). The van der Waals surface area contributed by atoms with Crippen molar-refractivity contribution in [3.8, 4) is 0 Å². The van der Waals surface area contributed by atoms with Gasteiger partial charge in [-0.25, -0.2) is 0 Å². The van der Waals surface area contributed by atoms with Crippen molar-refractivity contribution in [1.29, 1.82) is 0 Å². The van der Waals surface area contributed by atoms with Crippen LogP contribution in [0.1, 0.15) is 5.56 Å². The zero-order chi connectivity index (χ0) is 14.5. The zero-order valence-corrected chi connectivity index (χ0v) is 12.3. The standard InChI is InChI=1S/C11H16O6S2/c1-18(12,13)16-9-11(17-19(2,14)15)8-10-6-4-3-5-7-10/h3-7,11H,8-9H2,1-2H3/t11-/m0/s1. The summed E-state index contributed by atoms with van der Waals surface area (Å²) in [6.07, 6.45) is 1.16. The summed E-state index contributed by atoms with van der Waals surface area (Å²) in [5.41, 5.74) is 0.827. The van der Waals surface area contributed by atoms with E-state index in [1.807, 2.05) is 6.07 Å². The van der Waals surface area contributed by atoms with Gasteiger partial charge >= 0.3 is 0 Å². The molecule has 0 fully saturated rings. The zero-order valence-electron chi connectivity index (χ0n) is 10.6. The smallest absolute Gasteiger partial charge is 0.264 e. The maximum Gasteiger partial charge on any atom is 0.264 e. The Morgan fingerprint density at radius 3 is 2.05 bits per heavy atom. The van der Waals surface area contributed by atoms with E-state index in [0.717, 1.165) is 18.1 Å². The van der Waals surface area contributed by atoms with Gasteiger partial charge in [0.05, 0.1) is 19.1 Å². The van der Waals surface area contributed by atoms with Crippen LogP contribution in [-0.4, -0.2) is 42.1 Å². The average molecular weight is 308 g/mol. The molecular formula is C11H16O6S2. The quantitative estimate of drug-likeness (QED) is 0.684. The molecule has 0 aliphatic rings. The van der Waals surface area contributed by atoms with Crippen LogP contribution in [0.3, 0.4) is 0 Å². The van der Waals surface area contributed by atoms with Gasteiger partial charge in [0.15, 0.2) is 0 Å². The summed E-state index contributed by atoms with van der Waals surface area (Å²) in [6, 6.07) is 9.00. The van der Waals surface area contributed by atoms with Crippen molar-refractivity contribution in [1.82, 2.24) is 0 Å². The lowest BCUT2D eigenvalue weighted by Gasteiger charge is -2.15. The van der Waals surface area contributed by atoms with Gasteiger partial charge in [-0.2, -0.15) is 16.8 Å².